The van der Waals surface area contributed by atoms with Gasteiger partial charge in [0.25, 0.3) is 5.91 Å². The van der Waals surface area contributed by atoms with E-state index in [1.165, 1.54) is 4.90 Å². The Morgan fingerprint density at radius 2 is 1.92 bits per heavy atom. The van der Waals surface area contributed by atoms with Gasteiger partial charge in [0.15, 0.2) is 10.9 Å². The van der Waals surface area contributed by atoms with E-state index in [0.717, 1.165) is 42.6 Å². The van der Waals surface area contributed by atoms with Crippen LogP contribution in [0.3, 0.4) is 0 Å². The molecule has 10 heteroatoms. The van der Waals surface area contributed by atoms with Gasteiger partial charge >= 0.3 is 0 Å². The molecule has 2 aromatic rings. The molecule has 2 amide bonds. The number of terminal acetylenes is 1. The van der Waals surface area contributed by atoms with Crippen LogP contribution < -0.4 is 10.2 Å². The summed E-state index contributed by atoms with van der Waals surface area (Å²) in [6.45, 7) is 8.16. The van der Waals surface area contributed by atoms with Crippen LogP contribution in [0.5, 0.6) is 0 Å². The average molecular weight is 550 g/mol. The van der Waals surface area contributed by atoms with Crippen LogP contribution >= 0.6 is 11.3 Å². The second-order valence-corrected chi connectivity index (χ2v) is 11.8. The number of carbonyl (C=O) groups is 3. The summed E-state index contributed by atoms with van der Waals surface area (Å²) in [5, 5.41) is 5.97. The number of nitrogens with zero attached hydrogens (tertiary/aromatic N) is 4. The number of ketones is 1. The zero-order valence-corrected chi connectivity index (χ0v) is 23.4. The Kier molecular flexibility index (Phi) is 8.03. The zero-order chi connectivity index (χ0) is 27.7. The molecule has 5 rings (SSSR count). The summed E-state index contributed by atoms with van der Waals surface area (Å²) in [4.78, 5) is 50.3. The van der Waals surface area contributed by atoms with Crippen LogP contribution in [-0.2, 0) is 14.3 Å². The number of likely N-dealkylation sites (tertiary alicyclic amines) is 1. The number of hydrogen-bond donors (Lipinski definition) is 1. The van der Waals surface area contributed by atoms with Gasteiger partial charge in [-0.05, 0) is 31.5 Å². The maximum absolute atomic E-state index is 13.6. The average Bonchev–Trinajstić information content (AvgIpc) is 3.65. The molecular weight excluding hydrogens is 514 g/mol. The number of aromatic nitrogens is 1. The minimum Gasteiger partial charge on any atom is -0.366 e. The van der Waals surface area contributed by atoms with E-state index in [1.807, 2.05) is 31.4 Å². The van der Waals surface area contributed by atoms with Gasteiger partial charge in [-0.15, -0.1) is 17.8 Å². The molecular formula is C29H35N5O4S. The standard InChI is InChI=1S/C29H35N5O4S/c1-5-19-15-34(25-24(35)16-38-26(19)25)28(37)22(14-18(2)3)30-27(36)21-8-6-20(7-9-21)23-17-39-29(31-23)33-12-10-32(4)11-13-33/h1,6-9,17-19,22,25-26H,10-16H2,2-4H3,(H,30,36)/t19?,22?,25-,26-/m1/s1. The molecule has 0 spiro atoms. The van der Waals surface area contributed by atoms with Crippen molar-refractivity contribution in [3.63, 3.8) is 0 Å². The Morgan fingerprint density at radius 3 is 2.59 bits per heavy atom. The molecule has 3 saturated heterocycles. The van der Waals surface area contributed by atoms with Crippen molar-refractivity contribution in [2.24, 2.45) is 11.8 Å². The molecule has 4 heterocycles. The Labute approximate surface area is 233 Å². The number of hydrogen-bond acceptors (Lipinski definition) is 8. The summed E-state index contributed by atoms with van der Waals surface area (Å²) in [6.07, 6.45) is 5.62. The highest BCUT2D eigenvalue weighted by Gasteiger charge is 2.52. The summed E-state index contributed by atoms with van der Waals surface area (Å²) in [6, 6.07) is 5.82. The first-order chi connectivity index (χ1) is 18.7. The van der Waals surface area contributed by atoms with E-state index in [-0.39, 0.29) is 42.6 Å². The lowest BCUT2D eigenvalue weighted by molar-refractivity contribution is -0.138. The number of fused-ring (bicyclic) bond motifs is 1. The number of ether oxygens (including phenoxy) is 1. The lowest BCUT2D eigenvalue weighted by Crippen LogP contribution is -2.52. The molecule has 0 bridgehead atoms. The summed E-state index contributed by atoms with van der Waals surface area (Å²) < 4.78 is 5.59. The van der Waals surface area contributed by atoms with Crippen molar-refractivity contribution in [2.45, 2.75) is 38.5 Å². The van der Waals surface area contributed by atoms with Gasteiger partial charge in [-0.1, -0.05) is 31.9 Å². The first-order valence-electron chi connectivity index (χ1n) is 13.5. The summed E-state index contributed by atoms with van der Waals surface area (Å²) >= 11 is 1.63. The molecule has 0 saturated carbocycles. The van der Waals surface area contributed by atoms with Gasteiger partial charge in [-0.3, -0.25) is 14.4 Å². The predicted octanol–water partition coefficient (Wildman–Crippen LogP) is 2.13. The van der Waals surface area contributed by atoms with Crippen molar-refractivity contribution in [2.75, 3.05) is 51.3 Å². The van der Waals surface area contributed by atoms with E-state index >= 15 is 0 Å². The molecule has 1 aromatic heterocycles. The van der Waals surface area contributed by atoms with E-state index < -0.39 is 18.2 Å². The third kappa shape index (κ3) is 5.71. The third-order valence-electron chi connectivity index (χ3n) is 7.70. The largest absolute Gasteiger partial charge is 0.366 e. The minimum atomic E-state index is -0.771. The second-order valence-electron chi connectivity index (χ2n) is 11.0. The SMILES string of the molecule is C#CC1CN(C(=O)C(CC(C)C)NC(=O)c2ccc(-c3csc(N4CCN(C)CC4)n3)cc2)[C@@H]2C(=O)CO[C@H]12. The number of amides is 2. The second kappa shape index (κ2) is 11.5. The number of rotatable bonds is 7. The monoisotopic (exact) mass is 549 g/mol. The highest BCUT2D eigenvalue weighted by molar-refractivity contribution is 7.14. The molecule has 4 atom stereocenters. The quantitative estimate of drug-likeness (QED) is 0.529. The number of thiazole rings is 1. The smallest absolute Gasteiger partial charge is 0.251 e. The van der Waals surface area contributed by atoms with Crippen molar-refractivity contribution in [1.82, 2.24) is 20.1 Å². The summed E-state index contributed by atoms with van der Waals surface area (Å²) in [7, 11) is 2.13. The molecule has 3 aliphatic heterocycles. The van der Waals surface area contributed by atoms with E-state index in [1.54, 1.807) is 23.5 Å². The van der Waals surface area contributed by atoms with Crippen molar-refractivity contribution in [3.8, 4) is 23.6 Å². The molecule has 0 radical (unpaired) electrons. The molecule has 9 nitrogen and oxygen atoms in total. The van der Waals surface area contributed by atoms with Crippen molar-refractivity contribution in [3.05, 3.63) is 35.2 Å². The maximum Gasteiger partial charge on any atom is 0.251 e. The number of piperazine rings is 1. The van der Waals surface area contributed by atoms with Gasteiger partial charge in [0.1, 0.15) is 24.8 Å². The molecule has 206 valence electrons. The highest BCUT2D eigenvalue weighted by Crippen LogP contribution is 2.32. The molecule has 39 heavy (non-hydrogen) atoms. The number of nitrogens with one attached hydrogen (secondary N) is 1. The number of benzene rings is 1. The van der Waals surface area contributed by atoms with Crippen LogP contribution in [0, 0.1) is 24.2 Å². The first kappa shape index (κ1) is 27.3. The lowest BCUT2D eigenvalue weighted by Gasteiger charge is -2.32. The van der Waals surface area contributed by atoms with Crippen LogP contribution in [0.4, 0.5) is 5.13 Å². The molecule has 3 fully saturated rings. The number of likely N-dealkylation sites (N-methyl/N-ethyl adjacent to an activating group) is 1. The third-order valence-corrected chi connectivity index (χ3v) is 8.60. The normalized spacial score (nSPS) is 24.1. The topological polar surface area (TPSA) is 95.1 Å². The molecule has 1 aromatic carbocycles. The van der Waals surface area contributed by atoms with Crippen molar-refractivity contribution in [1.29, 1.82) is 0 Å². The Balaban J connectivity index is 1.27. The fraction of sp³-hybridized carbons (Fsp3) is 0.517. The van der Waals surface area contributed by atoms with Crippen molar-refractivity contribution >= 4 is 34.1 Å². The Bertz CT molecular complexity index is 1260. The predicted molar refractivity (Wildman–Crippen MR) is 151 cm³/mol. The highest BCUT2D eigenvalue weighted by atomic mass is 32.1. The van der Waals surface area contributed by atoms with E-state index in [9.17, 15) is 14.4 Å². The number of anilines is 1. The van der Waals surface area contributed by atoms with Gasteiger partial charge in [0.05, 0.1) is 11.6 Å². The van der Waals surface area contributed by atoms with Crippen LogP contribution in [0.15, 0.2) is 29.6 Å². The van der Waals surface area contributed by atoms with E-state index in [2.05, 4.69) is 28.1 Å². The number of Topliss-reactive ketones (excluding diaryl/α,β-unsaturated/α-hetero) is 1. The van der Waals surface area contributed by atoms with Gasteiger partial charge in [0, 0.05) is 49.2 Å². The van der Waals surface area contributed by atoms with E-state index in [0.29, 0.717) is 12.0 Å². The maximum atomic E-state index is 13.6. The Hall–Kier alpha value is -3.26. The molecule has 2 unspecified atom stereocenters. The molecule has 1 N–H and O–H groups in total. The minimum absolute atomic E-state index is 0.0410. The fourth-order valence-electron chi connectivity index (χ4n) is 5.50. The van der Waals surface area contributed by atoms with Gasteiger partial charge in [-0.25, -0.2) is 4.98 Å². The van der Waals surface area contributed by atoms with Gasteiger partial charge < -0.3 is 24.8 Å². The van der Waals surface area contributed by atoms with Crippen LogP contribution in [0.1, 0.15) is 30.6 Å². The summed E-state index contributed by atoms with van der Waals surface area (Å²) in [5.41, 5.74) is 2.26. The Morgan fingerprint density at radius 1 is 1.21 bits per heavy atom. The van der Waals surface area contributed by atoms with Crippen LogP contribution in [0.2, 0.25) is 0 Å². The zero-order valence-electron chi connectivity index (χ0n) is 22.6. The summed E-state index contributed by atoms with van der Waals surface area (Å²) in [5.74, 6) is 1.70. The first-order valence-corrected chi connectivity index (χ1v) is 14.3. The number of carbonyl (C=O) groups excluding carboxylic acids is 3. The fourth-order valence-corrected chi connectivity index (χ4v) is 6.38. The lowest BCUT2D eigenvalue weighted by atomic mass is 10.0. The molecule has 3 aliphatic rings. The van der Waals surface area contributed by atoms with Gasteiger partial charge in [0.2, 0.25) is 5.91 Å². The van der Waals surface area contributed by atoms with Crippen LogP contribution in [-0.4, -0.2) is 96.9 Å². The van der Waals surface area contributed by atoms with Crippen LogP contribution in [0.25, 0.3) is 11.3 Å². The van der Waals surface area contributed by atoms with Crippen molar-refractivity contribution < 1.29 is 19.1 Å². The molecule has 0 aliphatic carbocycles. The van der Waals surface area contributed by atoms with Gasteiger partial charge in [-0.2, -0.15) is 0 Å². The van der Waals surface area contributed by atoms with E-state index in [4.69, 9.17) is 16.1 Å².